The van der Waals surface area contributed by atoms with Crippen LogP contribution in [0.2, 0.25) is 0 Å². The zero-order valence-electron chi connectivity index (χ0n) is 17.5. The van der Waals surface area contributed by atoms with E-state index in [-0.39, 0.29) is 11.4 Å². The number of nitrogens with one attached hydrogen (secondary N) is 2. The zero-order chi connectivity index (χ0) is 22.0. The highest BCUT2D eigenvalue weighted by Crippen LogP contribution is 2.23. The highest BCUT2D eigenvalue weighted by molar-refractivity contribution is 5.80. The average molecular weight is 422 g/mol. The second-order valence-corrected chi connectivity index (χ2v) is 7.18. The maximum absolute atomic E-state index is 13.3. The van der Waals surface area contributed by atoms with Crippen molar-refractivity contribution in [1.29, 1.82) is 0 Å². The summed E-state index contributed by atoms with van der Waals surface area (Å²) < 4.78 is 25.5. The second-order valence-electron chi connectivity index (χ2n) is 7.18. The van der Waals surface area contributed by atoms with Gasteiger partial charge in [0.05, 0.1) is 25.6 Å². The number of nitrogens with zero attached hydrogens (tertiary/aromatic N) is 2. The van der Waals surface area contributed by atoms with Crippen LogP contribution in [0.1, 0.15) is 16.8 Å². The second kappa shape index (κ2) is 8.61. The molecule has 31 heavy (non-hydrogen) atoms. The van der Waals surface area contributed by atoms with E-state index in [9.17, 15) is 9.18 Å². The fourth-order valence-corrected chi connectivity index (χ4v) is 3.47. The summed E-state index contributed by atoms with van der Waals surface area (Å²) in [6, 6.07) is 13.5. The Bertz CT molecular complexity index is 1260. The number of aromatic amines is 1. The van der Waals surface area contributed by atoms with Crippen LogP contribution in [-0.2, 0) is 13.1 Å². The summed E-state index contributed by atoms with van der Waals surface area (Å²) in [5, 5.41) is 8.64. The van der Waals surface area contributed by atoms with Gasteiger partial charge < -0.3 is 19.8 Å². The molecule has 0 fully saturated rings. The van der Waals surface area contributed by atoms with E-state index in [4.69, 9.17) is 9.47 Å². The van der Waals surface area contributed by atoms with Gasteiger partial charge >= 0.3 is 0 Å². The van der Waals surface area contributed by atoms with Crippen LogP contribution >= 0.6 is 0 Å². The normalized spacial score (nSPS) is 11.1. The first-order valence-corrected chi connectivity index (χ1v) is 9.78. The lowest BCUT2D eigenvalue weighted by molar-refractivity contribution is 0.393. The molecule has 0 saturated heterocycles. The van der Waals surface area contributed by atoms with Crippen LogP contribution in [-0.4, -0.2) is 29.0 Å². The van der Waals surface area contributed by atoms with Gasteiger partial charge in [0.1, 0.15) is 23.0 Å². The third kappa shape index (κ3) is 4.29. The highest BCUT2D eigenvalue weighted by atomic mass is 19.1. The number of rotatable bonds is 7. The van der Waals surface area contributed by atoms with E-state index >= 15 is 0 Å². The van der Waals surface area contributed by atoms with Crippen molar-refractivity contribution >= 4 is 11.0 Å². The van der Waals surface area contributed by atoms with Gasteiger partial charge in [0, 0.05) is 30.1 Å². The number of H-pyrrole nitrogens is 1. The molecule has 0 radical (unpaired) electrons. The van der Waals surface area contributed by atoms with Gasteiger partial charge in [-0.15, -0.1) is 0 Å². The zero-order valence-corrected chi connectivity index (χ0v) is 17.5. The van der Waals surface area contributed by atoms with Crippen molar-refractivity contribution in [3.05, 3.63) is 81.5 Å². The molecule has 0 bridgehead atoms. The Morgan fingerprint density at radius 1 is 1.03 bits per heavy atom. The van der Waals surface area contributed by atoms with Gasteiger partial charge in [-0.3, -0.25) is 4.79 Å². The number of aromatic nitrogens is 3. The molecule has 2 heterocycles. The predicted octanol–water partition coefficient (Wildman–Crippen LogP) is 3.47. The first-order valence-electron chi connectivity index (χ1n) is 9.78. The molecular formula is C23H23FN4O3. The van der Waals surface area contributed by atoms with Crippen LogP contribution < -0.4 is 20.3 Å². The van der Waals surface area contributed by atoms with Gasteiger partial charge in [-0.1, -0.05) is 0 Å². The first kappa shape index (κ1) is 20.6. The van der Waals surface area contributed by atoms with Gasteiger partial charge in [0.15, 0.2) is 0 Å². The summed E-state index contributed by atoms with van der Waals surface area (Å²) in [6.45, 7) is 2.80. The fourth-order valence-electron chi connectivity index (χ4n) is 3.47. The van der Waals surface area contributed by atoms with Crippen molar-refractivity contribution in [1.82, 2.24) is 20.1 Å². The molecule has 0 aliphatic rings. The number of benzene rings is 2. The van der Waals surface area contributed by atoms with Gasteiger partial charge in [0.25, 0.3) is 5.56 Å². The number of halogens is 1. The van der Waals surface area contributed by atoms with Gasteiger partial charge in [0.2, 0.25) is 0 Å². The number of pyridine rings is 1. The summed E-state index contributed by atoms with van der Waals surface area (Å²) in [4.78, 5) is 15.6. The molecule has 7 nitrogen and oxygen atoms in total. The van der Waals surface area contributed by atoms with Crippen molar-refractivity contribution in [3.63, 3.8) is 0 Å². The lowest BCUT2D eigenvalue weighted by atomic mass is 10.1. The Labute approximate surface area is 178 Å². The summed E-state index contributed by atoms with van der Waals surface area (Å²) in [6.07, 6.45) is 0. The molecule has 8 heteroatoms. The van der Waals surface area contributed by atoms with Crippen LogP contribution in [0.4, 0.5) is 4.39 Å². The molecule has 0 atom stereocenters. The topological polar surface area (TPSA) is 81.2 Å². The van der Waals surface area contributed by atoms with Crippen LogP contribution in [0.25, 0.3) is 16.7 Å². The van der Waals surface area contributed by atoms with Gasteiger partial charge in [-0.2, -0.15) is 5.10 Å². The highest BCUT2D eigenvalue weighted by Gasteiger charge is 2.13. The maximum atomic E-state index is 13.3. The van der Waals surface area contributed by atoms with Crippen LogP contribution in [0.3, 0.4) is 0 Å². The molecule has 160 valence electrons. The molecule has 0 amide bonds. The molecule has 2 N–H and O–H groups in total. The standard InChI is InChI=1S/C23H23FN4O3/c1-14-21-10-16(13-25-12-15-8-19(30-2)11-20(9-15)31-3)23(29)26-22(21)28(27-14)18-6-4-17(24)5-7-18/h4-11,25H,12-13H2,1-3H3,(H,26,29). The number of hydrogen-bond donors (Lipinski definition) is 2. The largest absolute Gasteiger partial charge is 0.497 e. The van der Waals surface area contributed by atoms with E-state index in [1.165, 1.54) is 12.1 Å². The molecule has 2 aromatic heterocycles. The van der Waals surface area contributed by atoms with E-state index in [1.54, 1.807) is 31.0 Å². The van der Waals surface area contributed by atoms with Crippen LogP contribution in [0.5, 0.6) is 11.5 Å². The van der Waals surface area contributed by atoms with E-state index in [2.05, 4.69) is 15.4 Å². The molecule has 0 aliphatic heterocycles. The number of ether oxygens (including phenoxy) is 2. The number of aryl methyl sites for hydroxylation is 1. The Morgan fingerprint density at radius 3 is 2.35 bits per heavy atom. The molecule has 2 aromatic carbocycles. The Kier molecular flexibility index (Phi) is 5.73. The number of hydrogen-bond acceptors (Lipinski definition) is 5. The number of fused-ring (bicyclic) bond motifs is 1. The van der Waals surface area contributed by atoms with E-state index in [0.29, 0.717) is 41.5 Å². The van der Waals surface area contributed by atoms with E-state index in [1.807, 2.05) is 31.2 Å². The van der Waals surface area contributed by atoms with Crippen LogP contribution in [0.15, 0.2) is 53.3 Å². The summed E-state index contributed by atoms with van der Waals surface area (Å²) >= 11 is 0. The minimum atomic E-state index is -0.326. The van der Waals surface area contributed by atoms with E-state index in [0.717, 1.165) is 16.6 Å². The minimum absolute atomic E-state index is 0.202. The van der Waals surface area contributed by atoms with Crippen LogP contribution in [0, 0.1) is 12.7 Å². The first-order chi connectivity index (χ1) is 15.0. The summed E-state index contributed by atoms with van der Waals surface area (Å²) in [7, 11) is 3.21. The summed E-state index contributed by atoms with van der Waals surface area (Å²) in [5.41, 5.74) is 3.40. The summed E-state index contributed by atoms with van der Waals surface area (Å²) in [5.74, 6) is 1.09. The Balaban J connectivity index is 1.57. The third-order valence-corrected chi connectivity index (χ3v) is 5.08. The third-order valence-electron chi connectivity index (χ3n) is 5.08. The Hall–Kier alpha value is -3.65. The predicted molar refractivity (Wildman–Crippen MR) is 116 cm³/mol. The van der Waals surface area contributed by atoms with Crippen molar-refractivity contribution in [2.24, 2.45) is 0 Å². The molecule has 4 aromatic rings. The van der Waals surface area contributed by atoms with Crippen molar-refractivity contribution in [2.75, 3.05) is 14.2 Å². The van der Waals surface area contributed by atoms with E-state index < -0.39 is 0 Å². The van der Waals surface area contributed by atoms with Crippen molar-refractivity contribution in [2.45, 2.75) is 20.0 Å². The fraction of sp³-hybridized carbons (Fsp3) is 0.217. The smallest absolute Gasteiger partial charge is 0.254 e. The molecule has 4 rings (SSSR count). The lowest BCUT2D eigenvalue weighted by Gasteiger charge is -2.10. The molecular weight excluding hydrogens is 399 g/mol. The van der Waals surface area contributed by atoms with Crippen molar-refractivity contribution < 1.29 is 13.9 Å². The SMILES string of the molecule is COc1cc(CNCc2cc3c(C)nn(-c4ccc(F)cc4)c3[nH]c2=O)cc(OC)c1. The quantitative estimate of drug-likeness (QED) is 0.477. The number of methoxy groups -OCH3 is 2. The maximum Gasteiger partial charge on any atom is 0.254 e. The monoisotopic (exact) mass is 422 g/mol. The molecule has 0 spiro atoms. The molecule has 0 saturated carbocycles. The molecule has 0 aliphatic carbocycles. The molecule has 0 unspecified atom stereocenters. The lowest BCUT2D eigenvalue weighted by Crippen LogP contribution is -2.21. The van der Waals surface area contributed by atoms with Gasteiger partial charge in [-0.25, -0.2) is 9.07 Å². The Morgan fingerprint density at radius 2 is 1.71 bits per heavy atom. The minimum Gasteiger partial charge on any atom is -0.497 e. The average Bonchev–Trinajstić information content (AvgIpc) is 3.09. The van der Waals surface area contributed by atoms with Gasteiger partial charge in [-0.05, 0) is 55.0 Å². The van der Waals surface area contributed by atoms with Crippen molar-refractivity contribution in [3.8, 4) is 17.2 Å².